The number of carbonyl (C=O) groups excluding carboxylic acids is 1. The predicted octanol–water partition coefficient (Wildman–Crippen LogP) is 1.14. The van der Waals surface area contributed by atoms with Gasteiger partial charge in [0.25, 0.3) is 0 Å². The lowest BCUT2D eigenvalue weighted by molar-refractivity contribution is -0.135. The van der Waals surface area contributed by atoms with Crippen LogP contribution in [-0.2, 0) is 4.79 Å². The molecule has 3 atom stereocenters. The monoisotopic (exact) mass is 196 g/mol. The molecule has 2 heterocycles. The molecule has 0 aliphatic carbocycles. The maximum absolute atomic E-state index is 12.1. The highest BCUT2D eigenvalue weighted by molar-refractivity contribution is 5.83. The zero-order valence-corrected chi connectivity index (χ0v) is 9.12. The molecule has 1 N–H and O–H groups in total. The molecule has 0 unspecified atom stereocenters. The van der Waals surface area contributed by atoms with Gasteiger partial charge >= 0.3 is 0 Å². The molecule has 2 rings (SSSR count). The molecule has 0 aromatic carbocycles. The van der Waals surface area contributed by atoms with Gasteiger partial charge in [0.2, 0.25) is 5.91 Å². The molecule has 3 heteroatoms. The number of hydrogen-bond donors (Lipinski definition) is 1. The van der Waals surface area contributed by atoms with E-state index in [1.54, 1.807) is 0 Å². The average Bonchev–Trinajstić information content (AvgIpc) is 2.75. The minimum Gasteiger partial charge on any atom is -0.336 e. The van der Waals surface area contributed by atoms with E-state index in [9.17, 15) is 4.79 Å². The Morgan fingerprint density at radius 1 is 1.21 bits per heavy atom. The van der Waals surface area contributed by atoms with E-state index in [0.717, 1.165) is 19.4 Å². The summed E-state index contributed by atoms with van der Waals surface area (Å²) >= 11 is 0. The molecule has 2 fully saturated rings. The maximum atomic E-state index is 12.1. The first-order valence-electron chi connectivity index (χ1n) is 5.75. The number of nitrogens with zero attached hydrogens (tertiary/aromatic N) is 1. The summed E-state index contributed by atoms with van der Waals surface area (Å²) in [7, 11) is 0. The van der Waals surface area contributed by atoms with Crippen molar-refractivity contribution in [3.05, 3.63) is 0 Å². The summed E-state index contributed by atoms with van der Waals surface area (Å²) in [6.45, 7) is 5.33. The summed E-state index contributed by atoms with van der Waals surface area (Å²) in [5.74, 6) is 0.333. The largest absolute Gasteiger partial charge is 0.336 e. The molecule has 2 saturated heterocycles. The van der Waals surface area contributed by atoms with Crippen LogP contribution in [0.5, 0.6) is 0 Å². The standard InChI is InChI=1S/C11H20N2O/c1-8-5-6-9(2)13(8)11(14)10-4-3-7-12-10/h8-10,12H,3-7H2,1-2H3/t8-,9+,10-/m0/s1. The Bertz CT molecular complexity index is 213. The molecule has 3 nitrogen and oxygen atoms in total. The van der Waals surface area contributed by atoms with Gasteiger partial charge in [-0.25, -0.2) is 0 Å². The molecule has 0 radical (unpaired) electrons. The second-order valence-corrected chi connectivity index (χ2v) is 4.67. The first-order valence-corrected chi connectivity index (χ1v) is 5.75. The van der Waals surface area contributed by atoms with Crippen LogP contribution < -0.4 is 5.32 Å². The van der Waals surface area contributed by atoms with Gasteiger partial charge in [-0.05, 0) is 46.1 Å². The number of likely N-dealkylation sites (tertiary alicyclic amines) is 1. The van der Waals surface area contributed by atoms with Crippen LogP contribution in [0.3, 0.4) is 0 Å². The van der Waals surface area contributed by atoms with Crippen LogP contribution in [0.15, 0.2) is 0 Å². The summed E-state index contributed by atoms with van der Waals surface area (Å²) in [6, 6.07) is 0.998. The highest BCUT2D eigenvalue weighted by atomic mass is 16.2. The minimum atomic E-state index is 0.109. The fourth-order valence-corrected chi connectivity index (χ4v) is 2.70. The number of hydrogen-bond acceptors (Lipinski definition) is 2. The molecule has 0 aromatic rings. The lowest BCUT2D eigenvalue weighted by Crippen LogP contribution is -2.47. The van der Waals surface area contributed by atoms with Crippen molar-refractivity contribution < 1.29 is 4.79 Å². The SMILES string of the molecule is C[C@@H]1CC[C@H](C)N1C(=O)[C@@H]1CCCN1. The van der Waals surface area contributed by atoms with E-state index in [1.807, 2.05) is 0 Å². The molecule has 80 valence electrons. The number of amides is 1. The molecule has 0 spiro atoms. The third-order valence-electron chi connectivity index (χ3n) is 3.56. The van der Waals surface area contributed by atoms with Crippen molar-refractivity contribution in [2.45, 2.75) is 57.7 Å². The molecule has 14 heavy (non-hydrogen) atoms. The molecular formula is C11H20N2O. The number of nitrogens with one attached hydrogen (secondary N) is 1. The fourth-order valence-electron chi connectivity index (χ4n) is 2.70. The summed E-state index contributed by atoms with van der Waals surface area (Å²) in [5.41, 5.74) is 0. The van der Waals surface area contributed by atoms with E-state index in [0.29, 0.717) is 18.0 Å². The van der Waals surface area contributed by atoms with Crippen molar-refractivity contribution in [3.63, 3.8) is 0 Å². The van der Waals surface area contributed by atoms with Gasteiger partial charge in [0.1, 0.15) is 0 Å². The summed E-state index contributed by atoms with van der Waals surface area (Å²) in [4.78, 5) is 14.2. The number of carbonyl (C=O) groups is 1. The van der Waals surface area contributed by atoms with Crippen LogP contribution in [0.1, 0.15) is 39.5 Å². The van der Waals surface area contributed by atoms with Crippen LogP contribution in [0.4, 0.5) is 0 Å². The van der Waals surface area contributed by atoms with Gasteiger partial charge in [-0.2, -0.15) is 0 Å². The van der Waals surface area contributed by atoms with Crippen LogP contribution in [0, 0.1) is 0 Å². The van der Waals surface area contributed by atoms with Crippen LogP contribution in [0.25, 0.3) is 0 Å². The highest BCUT2D eigenvalue weighted by Crippen LogP contribution is 2.25. The van der Waals surface area contributed by atoms with E-state index in [2.05, 4.69) is 24.1 Å². The number of rotatable bonds is 1. The Kier molecular flexibility index (Phi) is 2.77. The summed E-state index contributed by atoms with van der Waals surface area (Å²) in [5, 5.41) is 3.28. The highest BCUT2D eigenvalue weighted by Gasteiger charge is 2.35. The Morgan fingerprint density at radius 2 is 1.86 bits per heavy atom. The van der Waals surface area contributed by atoms with Crippen molar-refractivity contribution in [2.75, 3.05) is 6.54 Å². The lowest BCUT2D eigenvalue weighted by Gasteiger charge is -2.29. The molecule has 0 bridgehead atoms. The van der Waals surface area contributed by atoms with Gasteiger partial charge in [-0.15, -0.1) is 0 Å². The Labute approximate surface area is 85.8 Å². The third kappa shape index (κ3) is 1.65. The first-order chi connectivity index (χ1) is 6.70. The maximum Gasteiger partial charge on any atom is 0.240 e. The van der Waals surface area contributed by atoms with Crippen molar-refractivity contribution in [1.82, 2.24) is 10.2 Å². The van der Waals surface area contributed by atoms with Crippen molar-refractivity contribution in [2.24, 2.45) is 0 Å². The van der Waals surface area contributed by atoms with E-state index >= 15 is 0 Å². The molecule has 2 aliphatic heterocycles. The van der Waals surface area contributed by atoms with E-state index in [1.165, 1.54) is 12.8 Å². The zero-order chi connectivity index (χ0) is 10.1. The van der Waals surface area contributed by atoms with E-state index < -0.39 is 0 Å². The van der Waals surface area contributed by atoms with Crippen molar-refractivity contribution in [3.8, 4) is 0 Å². The first kappa shape index (κ1) is 9.97. The van der Waals surface area contributed by atoms with Gasteiger partial charge < -0.3 is 10.2 Å². The normalized spacial score (nSPS) is 37.9. The van der Waals surface area contributed by atoms with Crippen LogP contribution in [-0.4, -0.2) is 35.5 Å². The second-order valence-electron chi connectivity index (χ2n) is 4.67. The molecular weight excluding hydrogens is 176 g/mol. The fraction of sp³-hybridized carbons (Fsp3) is 0.909. The van der Waals surface area contributed by atoms with Crippen molar-refractivity contribution in [1.29, 1.82) is 0 Å². The van der Waals surface area contributed by atoms with Gasteiger partial charge in [-0.3, -0.25) is 4.79 Å². The zero-order valence-electron chi connectivity index (χ0n) is 9.12. The van der Waals surface area contributed by atoms with Gasteiger partial charge in [0.15, 0.2) is 0 Å². The van der Waals surface area contributed by atoms with E-state index in [4.69, 9.17) is 0 Å². The second kappa shape index (κ2) is 3.89. The van der Waals surface area contributed by atoms with Crippen LogP contribution >= 0.6 is 0 Å². The third-order valence-corrected chi connectivity index (χ3v) is 3.56. The van der Waals surface area contributed by atoms with E-state index in [-0.39, 0.29) is 6.04 Å². The van der Waals surface area contributed by atoms with Gasteiger partial charge in [0.05, 0.1) is 6.04 Å². The molecule has 1 amide bonds. The quantitative estimate of drug-likeness (QED) is 0.682. The molecule has 0 saturated carbocycles. The molecule has 2 aliphatic rings. The summed E-state index contributed by atoms with van der Waals surface area (Å²) in [6.07, 6.45) is 4.50. The lowest BCUT2D eigenvalue weighted by atomic mass is 10.2. The summed E-state index contributed by atoms with van der Waals surface area (Å²) < 4.78 is 0. The van der Waals surface area contributed by atoms with Crippen LogP contribution in [0.2, 0.25) is 0 Å². The predicted molar refractivity (Wildman–Crippen MR) is 56.0 cm³/mol. The average molecular weight is 196 g/mol. The van der Waals surface area contributed by atoms with Gasteiger partial charge in [0, 0.05) is 12.1 Å². The van der Waals surface area contributed by atoms with Crippen molar-refractivity contribution >= 4 is 5.91 Å². The minimum absolute atomic E-state index is 0.109. The Balaban J connectivity index is 2.02. The van der Waals surface area contributed by atoms with Gasteiger partial charge in [-0.1, -0.05) is 0 Å². The topological polar surface area (TPSA) is 32.3 Å². The smallest absolute Gasteiger partial charge is 0.240 e. The Hall–Kier alpha value is -0.570. The molecule has 0 aromatic heterocycles. The Morgan fingerprint density at radius 3 is 2.36 bits per heavy atom.